The number of rotatable bonds is 2. The van der Waals surface area contributed by atoms with Gasteiger partial charge in [-0.25, -0.2) is 0 Å². The van der Waals surface area contributed by atoms with Crippen LogP contribution in [-0.4, -0.2) is 19.0 Å². The molecule has 2 aromatic rings. The molecule has 2 aliphatic rings. The summed E-state index contributed by atoms with van der Waals surface area (Å²) >= 11 is 0. The number of fused-ring (bicyclic) bond motifs is 1. The highest BCUT2D eigenvalue weighted by molar-refractivity contribution is 6.34. The first kappa shape index (κ1) is 17.6. The van der Waals surface area contributed by atoms with Gasteiger partial charge in [-0.1, -0.05) is 12.1 Å². The van der Waals surface area contributed by atoms with Gasteiger partial charge in [-0.2, -0.15) is 13.2 Å². The molecule has 0 atom stereocenters. The SMILES string of the molecule is Cc1cc(/C=C2\C(=O)Nc3cc(C(F)(F)F)ccc32)ccc1N1CCCC1. The van der Waals surface area contributed by atoms with Gasteiger partial charge < -0.3 is 10.2 Å². The van der Waals surface area contributed by atoms with Gasteiger partial charge in [0.2, 0.25) is 0 Å². The summed E-state index contributed by atoms with van der Waals surface area (Å²) in [5, 5.41) is 2.54. The lowest BCUT2D eigenvalue weighted by Gasteiger charge is -2.20. The summed E-state index contributed by atoms with van der Waals surface area (Å²) in [6.45, 7) is 4.14. The van der Waals surface area contributed by atoms with Gasteiger partial charge in [-0.3, -0.25) is 4.79 Å². The topological polar surface area (TPSA) is 32.3 Å². The number of benzene rings is 2. The molecule has 140 valence electrons. The lowest BCUT2D eigenvalue weighted by molar-refractivity contribution is -0.137. The largest absolute Gasteiger partial charge is 0.416 e. The second-order valence-electron chi connectivity index (χ2n) is 7.01. The highest BCUT2D eigenvalue weighted by Gasteiger charge is 2.33. The van der Waals surface area contributed by atoms with E-state index >= 15 is 0 Å². The van der Waals surface area contributed by atoms with Crippen LogP contribution < -0.4 is 10.2 Å². The Labute approximate surface area is 155 Å². The molecule has 1 fully saturated rings. The number of aryl methyl sites for hydroxylation is 1. The summed E-state index contributed by atoms with van der Waals surface area (Å²) in [4.78, 5) is 14.6. The highest BCUT2D eigenvalue weighted by Crippen LogP contribution is 2.38. The number of hydrogen-bond acceptors (Lipinski definition) is 2. The number of nitrogens with zero attached hydrogens (tertiary/aromatic N) is 1. The number of carbonyl (C=O) groups is 1. The quantitative estimate of drug-likeness (QED) is 0.744. The van der Waals surface area contributed by atoms with Gasteiger partial charge in [0, 0.05) is 35.6 Å². The zero-order chi connectivity index (χ0) is 19.2. The first-order chi connectivity index (χ1) is 12.8. The molecule has 27 heavy (non-hydrogen) atoms. The minimum Gasteiger partial charge on any atom is -0.371 e. The molecule has 6 heteroatoms. The van der Waals surface area contributed by atoms with Crippen molar-refractivity contribution >= 4 is 28.9 Å². The summed E-state index contributed by atoms with van der Waals surface area (Å²) in [5.74, 6) is -0.384. The van der Waals surface area contributed by atoms with Crippen molar-refractivity contribution in [2.75, 3.05) is 23.3 Å². The Morgan fingerprint density at radius 3 is 2.48 bits per heavy atom. The molecular formula is C21H19F3N2O. The van der Waals surface area contributed by atoms with Crippen LogP contribution in [0.3, 0.4) is 0 Å². The minimum atomic E-state index is -4.44. The molecule has 2 heterocycles. The lowest BCUT2D eigenvalue weighted by atomic mass is 10.0. The first-order valence-corrected chi connectivity index (χ1v) is 8.93. The fraction of sp³-hybridized carbons (Fsp3) is 0.286. The summed E-state index contributed by atoms with van der Waals surface area (Å²) in [6.07, 6.45) is -0.311. The molecule has 2 aliphatic heterocycles. The monoisotopic (exact) mass is 372 g/mol. The van der Waals surface area contributed by atoms with Gasteiger partial charge in [0.05, 0.1) is 5.56 Å². The summed E-state index contributed by atoms with van der Waals surface area (Å²) in [6, 6.07) is 9.35. The third-order valence-corrected chi connectivity index (χ3v) is 5.11. The van der Waals surface area contributed by atoms with Crippen LogP contribution in [0.2, 0.25) is 0 Å². The molecule has 0 unspecified atom stereocenters. The predicted octanol–water partition coefficient (Wildman–Crippen LogP) is 5.11. The number of anilines is 2. The Bertz CT molecular complexity index is 941. The Kier molecular flexibility index (Phi) is 4.21. The van der Waals surface area contributed by atoms with Crippen molar-refractivity contribution < 1.29 is 18.0 Å². The van der Waals surface area contributed by atoms with Crippen molar-refractivity contribution in [3.63, 3.8) is 0 Å². The van der Waals surface area contributed by atoms with Gasteiger partial charge in [-0.05, 0) is 61.2 Å². The molecule has 0 bridgehead atoms. The normalized spacial score (nSPS) is 18.1. The van der Waals surface area contributed by atoms with E-state index in [1.165, 1.54) is 24.6 Å². The molecule has 0 spiro atoms. The number of carbonyl (C=O) groups excluding carboxylic acids is 1. The number of hydrogen-bond donors (Lipinski definition) is 1. The molecule has 3 nitrogen and oxygen atoms in total. The van der Waals surface area contributed by atoms with E-state index in [-0.39, 0.29) is 11.6 Å². The Hall–Kier alpha value is -2.76. The van der Waals surface area contributed by atoms with E-state index < -0.39 is 11.7 Å². The predicted molar refractivity (Wildman–Crippen MR) is 101 cm³/mol. The number of alkyl halides is 3. The van der Waals surface area contributed by atoms with Crippen LogP contribution in [0.4, 0.5) is 24.5 Å². The summed E-state index contributed by atoms with van der Waals surface area (Å²) < 4.78 is 38.6. The third kappa shape index (κ3) is 3.31. The van der Waals surface area contributed by atoms with Crippen molar-refractivity contribution in [3.8, 4) is 0 Å². The van der Waals surface area contributed by atoms with E-state index in [4.69, 9.17) is 0 Å². The molecule has 1 saturated heterocycles. The average Bonchev–Trinajstić information content (AvgIpc) is 3.22. The van der Waals surface area contributed by atoms with Gasteiger partial charge in [-0.15, -0.1) is 0 Å². The Morgan fingerprint density at radius 2 is 1.81 bits per heavy atom. The van der Waals surface area contributed by atoms with Crippen LogP contribution in [0.15, 0.2) is 36.4 Å². The maximum atomic E-state index is 12.9. The fourth-order valence-corrected chi connectivity index (χ4v) is 3.76. The van der Waals surface area contributed by atoms with E-state index in [1.807, 2.05) is 25.1 Å². The molecule has 2 aromatic carbocycles. The zero-order valence-electron chi connectivity index (χ0n) is 14.9. The number of amides is 1. The molecular weight excluding hydrogens is 353 g/mol. The molecule has 1 N–H and O–H groups in total. The van der Waals surface area contributed by atoms with Crippen LogP contribution >= 0.6 is 0 Å². The van der Waals surface area contributed by atoms with Gasteiger partial charge in [0.25, 0.3) is 5.91 Å². The van der Waals surface area contributed by atoms with E-state index in [0.29, 0.717) is 11.1 Å². The minimum absolute atomic E-state index is 0.200. The van der Waals surface area contributed by atoms with Crippen LogP contribution in [0, 0.1) is 6.92 Å². The Balaban J connectivity index is 1.67. The highest BCUT2D eigenvalue weighted by atomic mass is 19.4. The fourth-order valence-electron chi connectivity index (χ4n) is 3.76. The smallest absolute Gasteiger partial charge is 0.371 e. The van der Waals surface area contributed by atoms with Gasteiger partial charge in [0.15, 0.2) is 0 Å². The zero-order valence-corrected chi connectivity index (χ0v) is 14.9. The molecule has 1 amide bonds. The van der Waals surface area contributed by atoms with Crippen LogP contribution in [-0.2, 0) is 11.0 Å². The van der Waals surface area contributed by atoms with Gasteiger partial charge >= 0.3 is 6.18 Å². The molecule has 0 saturated carbocycles. The maximum Gasteiger partial charge on any atom is 0.416 e. The second kappa shape index (κ2) is 6.44. The van der Waals surface area contributed by atoms with Crippen molar-refractivity contribution in [1.82, 2.24) is 0 Å². The standard InChI is InChI=1S/C21H19F3N2O/c1-13-10-14(4-7-19(13)26-8-2-3-9-26)11-17-16-6-5-15(21(22,23)24)12-18(16)25-20(17)27/h4-7,10-12H,2-3,8-9H2,1H3,(H,25,27)/b17-11-. The number of nitrogens with one attached hydrogen (secondary N) is 1. The van der Waals surface area contributed by atoms with Crippen molar-refractivity contribution in [1.29, 1.82) is 0 Å². The van der Waals surface area contributed by atoms with E-state index in [0.717, 1.165) is 36.3 Å². The number of halogens is 3. The first-order valence-electron chi connectivity index (χ1n) is 8.93. The van der Waals surface area contributed by atoms with E-state index in [1.54, 1.807) is 6.08 Å². The van der Waals surface area contributed by atoms with Crippen LogP contribution in [0.25, 0.3) is 11.6 Å². The Morgan fingerprint density at radius 1 is 1.07 bits per heavy atom. The molecule has 0 aliphatic carbocycles. The third-order valence-electron chi connectivity index (χ3n) is 5.11. The summed E-state index contributed by atoms with van der Waals surface area (Å²) in [7, 11) is 0. The van der Waals surface area contributed by atoms with Gasteiger partial charge in [0.1, 0.15) is 0 Å². The van der Waals surface area contributed by atoms with Crippen molar-refractivity contribution in [2.24, 2.45) is 0 Å². The van der Waals surface area contributed by atoms with Crippen LogP contribution in [0.1, 0.15) is 35.1 Å². The maximum absolute atomic E-state index is 12.9. The molecule has 4 rings (SSSR count). The lowest BCUT2D eigenvalue weighted by Crippen LogP contribution is -2.18. The van der Waals surface area contributed by atoms with Crippen molar-refractivity contribution in [2.45, 2.75) is 25.9 Å². The van der Waals surface area contributed by atoms with E-state index in [9.17, 15) is 18.0 Å². The second-order valence-corrected chi connectivity index (χ2v) is 7.01. The molecule has 0 radical (unpaired) electrons. The molecule has 0 aromatic heterocycles. The van der Waals surface area contributed by atoms with Crippen molar-refractivity contribution in [3.05, 3.63) is 58.7 Å². The van der Waals surface area contributed by atoms with Crippen LogP contribution in [0.5, 0.6) is 0 Å². The summed E-state index contributed by atoms with van der Waals surface area (Å²) in [5.41, 5.74) is 3.48. The van der Waals surface area contributed by atoms with E-state index in [2.05, 4.69) is 10.2 Å². The average molecular weight is 372 g/mol.